The molecule has 0 saturated heterocycles. The van der Waals surface area contributed by atoms with Gasteiger partial charge in [0.25, 0.3) is 6.47 Å². The molecule has 2 aromatic rings. The number of carbonyl (C=O) groups is 3. The zero-order chi connectivity index (χ0) is 21.6. The Bertz CT molecular complexity index is 813. The highest BCUT2D eigenvalue weighted by atomic mass is 35.5. The fourth-order valence-corrected chi connectivity index (χ4v) is 2.41. The van der Waals surface area contributed by atoms with Crippen molar-refractivity contribution < 1.29 is 19.5 Å². The summed E-state index contributed by atoms with van der Waals surface area (Å²) >= 11 is 5.92. The number of anilines is 2. The topological polar surface area (TPSA) is 120 Å². The van der Waals surface area contributed by atoms with Crippen molar-refractivity contribution in [2.75, 3.05) is 23.7 Å². The van der Waals surface area contributed by atoms with Crippen LogP contribution >= 0.6 is 11.6 Å². The molecule has 0 aliphatic rings. The molecule has 2 amide bonds. The Morgan fingerprint density at radius 2 is 1.86 bits per heavy atom. The molecule has 0 unspecified atom stereocenters. The Morgan fingerprint density at radius 3 is 2.52 bits per heavy atom. The van der Waals surface area contributed by atoms with Crippen LogP contribution in [-0.2, 0) is 14.4 Å². The number of hydrogen-bond acceptors (Lipinski definition) is 5. The molecule has 1 aromatic heterocycles. The minimum Gasteiger partial charge on any atom is -0.483 e. The number of nitrogens with zero attached hydrogens (tertiary/aromatic N) is 1. The lowest BCUT2D eigenvalue weighted by Crippen LogP contribution is -2.29. The zero-order valence-electron chi connectivity index (χ0n) is 16.4. The molecule has 9 heteroatoms. The maximum Gasteiger partial charge on any atom is 0.290 e. The van der Waals surface area contributed by atoms with Crippen LogP contribution in [-0.4, -0.2) is 41.5 Å². The van der Waals surface area contributed by atoms with Gasteiger partial charge in [-0.15, -0.1) is 0 Å². The first-order chi connectivity index (χ1) is 13.8. The third-order valence-corrected chi connectivity index (χ3v) is 3.92. The van der Waals surface area contributed by atoms with Crippen LogP contribution in [0, 0.1) is 13.8 Å². The lowest BCUT2D eigenvalue weighted by Gasteiger charge is -2.09. The standard InChI is InChI=1S/C19H23ClN4O2.CH2O2/c1-13-4-7-17(23-12-13)21-8-3-9-22-18(25)11-19(26)24-16-10-15(20)6-5-14(16)2;2-1-3/h4-7,10,12H,3,8-9,11H2,1-2H3,(H,21,23)(H,22,25)(H,24,26);1H,(H,2,3). The molecule has 29 heavy (non-hydrogen) atoms. The first-order valence-corrected chi connectivity index (χ1v) is 9.30. The Hall–Kier alpha value is -3.13. The van der Waals surface area contributed by atoms with E-state index in [1.54, 1.807) is 18.3 Å². The first kappa shape index (κ1) is 23.9. The molecule has 1 heterocycles. The molecule has 0 bridgehead atoms. The van der Waals surface area contributed by atoms with Gasteiger partial charge in [0.1, 0.15) is 12.2 Å². The summed E-state index contributed by atoms with van der Waals surface area (Å²) in [5.74, 6) is 0.128. The van der Waals surface area contributed by atoms with Crippen molar-refractivity contribution in [2.45, 2.75) is 26.7 Å². The molecule has 156 valence electrons. The summed E-state index contributed by atoms with van der Waals surface area (Å²) in [7, 11) is 0. The van der Waals surface area contributed by atoms with Crippen LogP contribution in [0.3, 0.4) is 0 Å². The van der Waals surface area contributed by atoms with Gasteiger partial charge in [-0.05, 0) is 49.6 Å². The van der Waals surface area contributed by atoms with Gasteiger partial charge in [-0.1, -0.05) is 23.7 Å². The van der Waals surface area contributed by atoms with E-state index in [9.17, 15) is 9.59 Å². The number of aryl methyl sites for hydroxylation is 2. The number of rotatable bonds is 8. The van der Waals surface area contributed by atoms with Gasteiger partial charge in [0.05, 0.1) is 0 Å². The van der Waals surface area contributed by atoms with Gasteiger partial charge in [0.15, 0.2) is 0 Å². The number of nitrogens with one attached hydrogen (secondary N) is 3. The summed E-state index contributed by atoms with van der Waals surface area (Å²) in [6, 6.07) is 9.12. The van der Waals surface area contributed by atoms with E-state index in [4.69, 9.17) is 21.5 Å². The van der Waals surface area contributed by atoms with Crippen LogP contribution in [0.25, 0.3) is 0 Å². The lowest BCUT2D eigenvalue weighted by atomic mass is 10.2. The van der Waals surface area contributed by atoms with E-state index in [1.807, 2.05) is 32.0 Å². The number of pyridine rings is 1. The van der Waals surface area contributed by atoms with Crippen molar-refractivity contribution in [1.29, 1.82) is 0 Å². The molecule has 1 aromatic carbocycles. The number of amides is 2. The molecule has 4 N–H and O–H groups in total. The predicted octanol–water partition coefficient (Wildman–Crippen LogP) is 3.00. The molecule has 8 nitrogen and oxygen atoms in total. The summed E-state index contributed by atoms with van der Waals surface area (Å²) in [5, 5.41) is 16.0. The van der Waals surface area contributed by atoms with Crippen LogP contribution < -0.4 is 16.0 Å². The average Bonchev–Trinajstić information content (AvgIpc) is 2.66. The maximum absolute atomic E-state index is 12.0. The van der Waals surface area contributed by atoms with Crippen molar-refractivity contribution in [1.82, 2.24) is 10.3 Å². The number of halogens is 1. The van der Waals surface area contributed by atoms with Crippen molar-refractivity contribution in [2.24, 2.45) is 0 Å². The highest BCUT2D eigenvalue weighted by molar-refractivity contribution is 6.31. The highest BCUT2D eigenvalue weighted by Gasteiger charge is 2.10. The van der Waals surface area contributed by atoms with E-state index in [0.29, 0.717) is 23.8 Å². The Balaban J connectivity index is 0.00000132. The number of benzene rings is 1. The Kier molecular flexibility index (Phi) is 10.8. The summed E-state index contributed by atoms with van der Waals surface area (Å²) in [5.41, 5.74) is 2.61. The van der Waals surface area contributed by atoms with Crippen LogP contribution in [0.1, 0.15) is 24.0 Å². The molecule has 0 aliphatic heterocycles. The van der Waals surface area contributed by atoms with Gasteiger partial charge in [-0.25, -0.2) is 4.98 Å². The number of carboxylic acid groups (broad SMARTS) is 1. The van der Waals surface area contributed by atoms with Gasteiger partial charge in [-0.3, -0.25) is 14.4 Å². The zero-order valence-corrected chi connectivity index (χ0v) is 17.1. The second-order valence-corrected chi connectivity index (χ2v) is 6.58. The lowest BCUT2D eigenvalue weighted by molar-refractivity contribution is -0.127. The summed E-state index contributed by atoms with van der Waals surface area (Å²) in [6.45, 7) is 4.77. The molecule has 0 atom stereocenters. The van der Waals surface area contributed by atoms with Crippen molar-refractivity contribution >= 4 is 41.4 Å². The van der Waals surface area contributed by atoms with E-state index in [-0.39, 0.29) is 24.7 Å². The smallest absolute Gasteiger partial charge is 0.290 e. The fourth-order valence-electron chi connectivity index (χ4n) is 2.24. The molecular formula is C20H25ClN4O4. The van der Waals surface area contributed by atoms with E-state index >= 15 is 0 Å². The predicted molar refractivity (Wildman–Crippen MR) is 113 cm³/mol. The average molecular weight is 421 g/mol. The molecule has 0 aliphatic carbocycles. The van der Waals surface area contributed by atoms with Crippen LogP contribution in [0.4, 0.5) is 11.5 Å². The normalized spacial score (nSPS) is 9.62. The van der Waals surface area contributed by atoms with Gasteiger partial charge < -0.3 is 21.1 Å². The van der Waals surface area contributed by atoms with E-state index in [0.717, 1.165) is 23.4 Å². The third-order valence-electron chi connectivity index (χ3n) is 3.69. The quantitative estimate of drug-likeness (QED) is 0.296. The summed E-state index contributed by atoms with van der Waals surface area (Å²) in [4.78, 5) is 36.4. The third kappa shape index (κ3) is 10.1. The second kappa shape index (κ2) is 13.1. The SMILES string of the molecule is Cc1ccc(NCCCNC(=O)CC(=O)Nc2cc(Cl)ccc2C)nc1.O=CO. The Labute approximate surface area is 174 Å². The largest absolute Gasteiger partial charge is 0.483 e. The van der Waals surface area contributed by atoms with Crippen LogP contribution in [0.5, 0.6) is 0 Å². The number of aromatic nitrogens is 1. The van der Waals surface area contributed by atoms with Gasteiger partial charge >= 0.3 is 0 Å². The minimum atomic E-state index is -0.366. The minimum absolute atomic E-state index is 0.223. The number of hydrogen-bond donors (Lipinski definition) is 4. The van der Waals surface area contributed by atoms with E-state index in [2.05, 4.69) is 20.9 Å². The molecule has 2 rings (SSSR count). The molecule has 0 spiro atoms. The van der Waals surface area contributed by atoms with Gasteiger partial charge in [0.2, 0.25) is 11.8 Å². The molecule has 0 fully saturated rings. The van der Waals surface area contributed by atoms with Crippen LogP contribution in [0.2, 0.25) is 5.02 Å². The monoisotopic (exact) mass is 420 g/mol. The number of carbonyl (C=O) groups excluding carboxylic acids is 2. The van der Waals surface area contributed by atoms with E-state index in [1.165, 1.54) is 0 Å². The molecule has 0 saturated carbocycles. The van der Waals surface area contributed by atoms with Crippen LogP contribution in [0.15, 0.2) is 36.5 Å². The van der Waals surface area contributed by atoms with E-state index < -0.39 is 0 Å². The van der Waals surface area contributed by atoms with Gasteiger partial charge in [-0.2, -0.15) is 0 Å². The first-order valence-electron chi connectivity index (χ1n) is 8.92. The second-order valence-electron chi connectivity index (χ2n) is 6.14. The van der Waals surface area contributed by atoms with Crippen molar-refractivity contribution in [3.8, 4) is 0 Å². The van der Waals surface area contributed by atoms with Crippen molar-refractivity contribution in [3.63, 3.8) is 0 Å². The van der Waals surface area contributed by atoms with Gasteiger partial charge in [0, 0.05) is 30.0 Å². The maximum atomic E-state index is 12.0. The van der Waals surface area contributed by atoms with Crippen molar-refractivity contribution in [3.05, 3.63) is 52.7 Å². The fraction of sp³-hybridized carbons (Fsp3) is 0.300. The molecule has 0 radical (unpaired) electrons. The molecular weight excluding hydrogens is 396 g/mol. The Morgan fingerprint density at radius 1 is 1.14 bits per heavy atom. The summed E-state index contributed by atoms with van der Waals surface area (Å²) in [6.07, 6.45) is 2.31. The highest BCUT2D eigenvalue weighted by Crippen LogP contribution is 2.20. The summed E-state index contributed by atoms with van der Waals surface area (Å²) < 4.78 is 0.